The zero-order valence-corrected chi connectivity index (χ0v) is 21.5. The molecule has 0 aliphatic heterocycles. The SMILES string of the molecule is COc1ccc(-c2nnc3ccc(OCCNS(=O)(=O)c4cc(Br)ccc4OC)nn23)cc1OC. The normalized spacial score (nSPS) is 11.4. The van der Waals surface area contributed by atoms with Crippen LogP contribution in [-0.2, 0) is 10.0 Å². The van der Waals surface area contributed by atoms with Gasteiger partial charge in [0.05, 0.1) is 21.3 Å². The van der Waals surface area contributed by atoms with E-state index in [0.29, 0.717) is 27.4 Å². The quantitative estimate of drug-likeness (QED) is 0.290. The molecule has 0 radical (unpaired) electrons. The molecule has 4 aromatic rings. The minimum Gasteiger partial charge on any atom is -0.495 e. The Morgan fingerprint density at radius 2 is 1.66 bits per heavy atom. The molecule has 0 atom stereocenters. The molecule has 11 nitrogen and oxygen atoms in total. The van der Waals surface area contributed by atoms with E-state index in [9.17, 15) is 8.42 Å². The highest BCUT2D eigenvalue weighted by atomic mass is 79.9. The third-order valence-corrected chi connectivity index (χ3v) is 6.91. The van der Waals surface area contributed by atoms with Gasteiger partial charge in [0.25, 0.3) is 0 Å². The summed E-state index contributed by atoms with van der Waals surface area (Å²) in [7, 11) is 0.708. The van der Waals surface area contributed by atoms with Crippen LogP contribution < -0.4 is 23.7 Å². The molecule has 0 unspecified atom stereocenters. The van der Waals surface area contributed by atoms with Crippen molar-refractivity contribution in [2.75, 3.05) is 34.5 Å². The van der Waals surface area contributed by atoms with Crippen LogP contribution in [0.25, 0.3) is 17.0 Å². The average molecular weight is 564 g/mol. The second-order valence-electron chi connectivity index (χ2n) is 7.08. The van der Waals surface area contributed by atoms with Gasteiger partial charge < -0.3 is 18.9 Å². The molecule has 0 spiro atoms. The average Bonchev–Trinajstić information content (AvgIpc) is 3.29. The molecule has 0 aliphatic rings. The van der Waals surface area contributed by atoms with Crippen LogP contribution in [0.15, 0.2) is 57.9 Å². The predicted octanol–water partition coefficient (Wildman–Crippen LogP) is 2.94. The third kappa shape index (κ3) is 5.31. The molecule has 4 rings (SSSR count). The predicted molar refractivity (Wildman–Crippen MR) is 131 cm³/mol. The van der Waals surface area contributed by atoms with E-state index in [-0.39, 0.29) is 29.7 Å². The molecule has 184 valence electrons. The maximum absolute atomic E-state index is 12.7. The first-order valence-corrected chi connectivity index (χ1v) is 12.5. The van der Waals surface area contributed by atoms with Crippen molar-refractivity contribution in [2.24, 2.45) is 0 Å². The summed E-state index contributed by atoms with van der Waals surface area (Å²) < 4.78 is 51.5. The monoisotopic (exact) mass is 563 g/mol. The van der Waals surface area contributed by atoms with E-state index < -0.39 is 10.0 Å². The van der Waals surface area contributed by atoms with Gasteiger partial charge in [0.1, 0.15) is 17.3 Å². The van der Waals surface area contributed by atoms with Crippen molar-refractivity contribution in [1.29, 1.82) is 0 Å². The molecule has 0 bridgehead atoms. The molecule has 0 saturated heterocycles. The lowest BCUT2D eigenvalue weighted by Gasteiger charge is -2.11. The molecule has 0 saturated carbocycles. The van der Waals surface area contributed by atoms with Crippen molar-refractivity contribution in [2.45, 2.75) is 4.90 Å². The number of rotatable bonds is 10. The minimum atomic E-state index is -3.81. The molecular formula is C22H22BrN5O6S. The Kier molecular flexibility index (Phi) is 7.38. The van der Waals surface area contributed by atoms with Gasteiger partial charge in [-0.05, 0) is 42.5 Å². The molecule has 1 N–H and O–H groups in total. The summed E-state index contributed by atoms with van der Waals surface area (Å²) in [6.45, 7) is 0.0598. The summed E-state index contributed by atoms with van der Waals surface area (Å²) in [6.07, 6.45) is 0. The van der Waals surface area contributed by atoms with Gasteiger partial charge in [0.15, 0.2) is 23.0 Å². The van der Waals surface area contributed by atoms with E-state index in [2.05, 4.69) is 35.9 Å². The van der Waals surface area contributed by atoms with E-state index in [1.54, 1.807) is 50.6 Å². The number of ether oxygens (including phenoxy) is 4. The van der Waals surface area contributed by atoms with Crippen molar-refractivity contribution in [1.82, 2.24) is 24.5 Å². The number of hydrogen-bond acceptors (Lipinski definition) is 9. The van der Waals surface area contributed by atoms with Crippen molar-refractivity contribution in [3.63, 3.8) is 0 Å². The Balaban J connectivity index is 1.47. The molecule has 2 aromatic heterocycles. The Labute approximate surface area is 210 Å². The number of fused-ring (bicyclic) bond motifs is 1. The van der Waals surface area contributed by atoms with E-state index in [0.717, 1.165) is 5.56 Å². The zero-order chi connectivity index (χ0) is 25.0. The highest BCUT2D eigenvalue weighted by Crippen LogP contribution is 2.32. The van der Waals surface area contributed by atoms with Crippen molar-refractivity contribution in [3.05, 3.63) is 53.0 Å². The molecule has 2 aromatic carbocycles. The van der Waals surface area contributed by atoms with Crippen LogP contribution in [0.1, 0.15) is 0 Å². The van der Waals surface area contributed by atoms with Gasteiger partial charge in [0, 0.05) is 22.6 Å². The van der Waals surface area contributed by atoms with Gasteiger partial charge in [-0.3, -0.25) is 0 Å². The Morgan fingerprint density at radius 3 is 2.40 bits per heavy atom. The number of aromatic nitrogens is 4. The van der Waals surface area contributed by atoms with Gasteiger partial charge in [0.2, 0.25) is 15.9 Å². The van der Waals surface area contributed by atoms with Crippen LogP contribution >= 0.6 is 15.9 Å². The lowest BCUT2D eigenvalue weighted by atomic mass is 10.2. The van der Waals surface area contributed by atoms with Crippen molar-refractivity contribution in [3.8, 4) is 34.5 Å². The summed E-state index contributed by atoms with van der Waals surface area (Å²) in [5, 5.41) is 12.8. The van der Waals surface area contributed by atoms with Crippen LogP contribution in [0.5, 0.6) is 23.1 Å². The van der Waals surface area contributed by atoms with Gasteiger partial charge in [-0.15, -0.1) is 15.3 Å². The molecule has 0 amide bonds. The number of nitrogens with one attached hydrogen (secondary N) is 1. The Hall–Kier alpha value is -3.42. The summed E-state index contributed by atoms with van der Waals surface area (Å²) in [6, 6.07) is 13.4. The lowest BCUT2D eigenvalue weighted by molar-refractivity contribution is 0.305. The first-order chi connectivity index (χ1) is 16.9. The fraction of sp³-hybridized carbons (Fsp3) is 0.227. The number of nitrogens with zero attached hydrogens (tertiary/aromatic N) is 4. The standard InChI is InChI=1S/C22H22BrN5O6S/c1-31-16-6-4-14(12-18(16)33-3)22-26-25-20-8-9-21(27-28(20)22)34-11-10-24-35(29,30)19-13-15(23)5-7-17(19)32-2/h4-9,12-13,24H,10-11H2,1-3H3. The fourth-order valence-corrected chi connectivity index (χ4v) is 4.99. The van der Waals surface area contributed by atoms with Crippen molar-refractivity contribution >= 4 is 31.6 Å². The van der Waals surface area contributed by atoms with E-state index in [1.807, 2.05) is 6.07 Å². The summed E-state index contributed by atoms with van der Waals surface area (Å²) in [5.41, 5.74) is 1.24. The fourth-order valence-electron chi connectivity index (χ4n) is 3.27. The number of hydrogen-bond donors (Lipinski definition) is 1. The number of methoxy groups -OCH3 is 3. The number of halogens is 1. The highest BCUT2D eigenvalue weighted by molar-refractivity contribution is 9.10. The van der Waals surface area contributed by atoms with Crippen LogP contribution in [0.2, 0.25) is 0 Å². The van der Waals surface area contributed by atoms with Gasteiger partial charge in [-0.2, -0.15) is 4.52 Å². The zero-order valence-electron chi connectivity index (χ0n) is 19.1. The summed E-state index contributed by atoms with van der Waals surface area (Å²) in [5.74, 6) is 2.13. The van der Waals surface area contributed by atoms with E-state index in [4.69, 9.17) is 18.9 Å². The van der Waals surface area contributed by atoms with Gasteiger partial charge in [-0.25, -0.2) is 13.1 Å². The van der Waals surface area contributed by atoms with E-state index >= 15 is 0 Å². The highest BCUT2D eigenvalue weighted by Gasteiger charge is 2.20. The lowest BCUT2D eigenvalue weighted by Crippen LogP contribution is -2.28. The van der Waals surface area contributed by atoms with Gasteiger partial charge >= 0.3 is 0 Å². The third-order valence-electron chi connectivity index (χ3n) is 4.94. The van der Waals surface area contributed by atoms with Crippen LogP contribution in [0, 0.1) is 0 Å². The Morgan fingerprint density at radius 1 is 0.914 bits per heavy atom. The molecule has 35 heavy (non-hydrogen) atoms. The topological polar surface area (TPSA) is 126 Å². The largest absolute Gasteiger partial charge is 0.495 e. The number of benzene rings is 2. The smallest absolute Gasteiger partial charge is 0.244 e. The molecule has 0 fully saturated rings. The van der Waals surface area contributed by atoms with Gasteiger partial charge in [-0.1, -0.05) is 15.9 Å². The van der Waals surface area contributed by atoms with Crippen molar-refractivity contribution < 1.29 is 27.4 Å². The van der Waals surface area contributed by atoms with Crippen LogP contribution in [0.3, 0.4) is 0 Å². The molecule has 2 heterocycles. The van der Waals surface area contributed by atoms with Crippen LogP contribution in [-0.4, -0.2) is 62.7 Å². The summed E-state index contributed by atoms with van der Waals surface area (Å²) in [4.78, 5) is 0.0259. The molecule has 0 aliphatic carbocycles. The maximum Gasteiger partial charge on any atom is 0.244 e. The number of sulfonamides is 1. The second kappa shape index (κ2) is 10.5. The molecular weight excluding hydrogens is 542 g/mol. The maximum atomic E-state index is 12.7. The first kappa shape index (κ1) is 24.7. The first-order valence-electron chi connectivity index (χ1n) is 10.3. The Bertz CT molecular complexity index is 1460. The van der Waals surface area contributed by atoms with Crippen LogP contribution in [0.4, 0.5) is 0 Å². The molecule has 13 heteroatoms. The van der Waals surface area contributed by atoms with E-state index in [1.165, 1.54) is 17.7 Å². The summed E-state index contributed by atoms with van der Waals surface area (Å²) >= 11 is 3.28. The minimum absolute atomic E-state index is 0.0163. The second-order valence-corrected chi connectivity index (χ2v) is 9.73.